The van der Waals surface area contributed by atoms with Gasteiger partial charge in [-0.25, -0.2) is 0 Å². The summed E-state index contributed by atoms with van der Waals surface area (Å²) in [5.74, 6) is 0.00932. The molecule has 6 nitrogen and oxygen atoms in total. The second kappa shape index (κ2) is 6.01. The van der Waals surface area contributed by atoms with Crippen LogP contribution in [0.3, 0.4) is 0 Å². The van der Waals surface area contributed by atoms with Crippen LogP contribution in [0.25, 0.3) is 0 Å². The van der Waals surface area contributed by atoms with Gasteiger partial charge in [0.2, 0.25) is 0 Å². The highest BCUT2D eigenvalue weighted by Gasteiger charge is 2.29. The number of amides is 1. The third-order valence-corrected chi connectivity index (χ3v) is 3.97. The first-order valence-corrected chi connectivity index (χ1v) is 7.29. The Morgan fingerprint density at radius 2 is 2.00 bits per heavy atom. The summed E-state index contributed by atoms with van der Waals surface area (Å²) >= 11 is 0. The van der Waals surface area contributed by atoms with Crippen LogP contribution < -0.4 is 15.5 Å². The van der Waals surface area contributed by atoms with Gasteiger partial charge in [0.15, 0.2) is 0 Å². The normalized spacial score (nSPS) is 26.5. The lowest BCUT2D eigenvalue weighted by Crippen LogP contribution is -2.41. The van der Waals surface area contributed by atoms with E-state index in [1.165, 1.54) is 0 Å². The van der Waals surface area contributed by atoms with Crippen molar-refractivity contribution in [1.29, 1.82) is 0 Å². The Morgan fingerprint density at radius 1 is 1.29 bits per heavy atom. The largest absolute Gasteiger partial charge is 0.370 e. The second-order valence-corrected chi connectivity index (χ2v) is 5.36. The monoisotopic (exact) mass is 291 g/mol. The number of carbonyl (C=O) groups excluding carboxylic acids is 1. The fourth-order valence-corrected chi connectivity index (χ4v) is 2.82. The summed E-state index contributed by atoms with van der Waals surface area (Å²) in [5, 5.41) is 0. The zero-order chi connectivity index (χ0) is 14.8. The van der Waals surface area contributed by atoms with Crippen molar-refractivity contribution in [3.05, 3.63) is 24.3 Å². The fourth-order valence-electron chi connectivity index (χ4n) is 2.82. The average molecular weight is 291 g/mol. The number of benzene rings is 1. The van der Waals surface area contributed by atoms with Gasteiger partial charge in [-0.15, -0.1) is 0 Å². The van der Waals surface area contributed by atoms with Crippen LogP contribution in [0.1, 0.15) is 6.92 Å². The molecule has 0 spiro atoms. The molecule has 6 heteroatoms. The third-order valence-electron chi connectivity index (χ3n) is 3.97. The summed E-state index contributed by atoms with van der Waals surface area (Å²) in [6.45, 7) is 4.71. The van der Waals surface area contributed by atoms with Crippen molar-refractivity contribution in [2.24, 2.45) is 5.73 Å². The lowest BCUT2D eigenvalue weighted by atomic mass is 10.2. The van der Waals surface area contributed by atoms with Crippen LogP contribution in [0.2, 0.25) is 0 Å². The lowest BCUT2D eigenvalue weighted by Gasteiger charge is -2.28. The molecule has 2 aliphatic heterocycles. The van der Waals surface area contributed by atoms with E-state index in [0.29, 0.717) is 19.7 Å². The van der Waals surface area contributed by atoms with Gasteiger partial charge in [-0.1, -0.05) is 0 Å². The van der Waals surface area contributed by atoms with Gasteiger partial charge in [-0.05, 0) is 31.2 Å². The molecule has 1 aromatic rings. The maximum atomic E-state index is 11.8. The molecule has 2 atom stereocenters. The molecule has 0 saturated carbocycles. The van der Waals surface area contributed by atoms with Crippen molar-refractivity contribution >= 4 is 17.3 Å². The van der Waals surface area contributed by atoms with E-state index < -0.39 is 0 Å². The SMILES string of the molecule is CC1O[C@@H](CN)CN1c1ccc(N2CCOCC2=O)cc1. The standard InChI is InChI=1S/C15H21N3O3/c1-11-18(9-14(8-16)21-11)13-4-2-12(3-5-13)17-6-7-20-10-15(17)19/h2-5,11,14H,6-10,16H2,1H3/t11?,14-/m0/s1. The number of hydrogen-bond donors (Lipinski definition) is 1. The van der Waals surface area contributed by atoms with E-state index in [2.05, 4.69) is 4.90 Å². The smallest absolute Gasteiger partial charge is 0.253 e. The fraction of sp³-hybridized carbons (Fsp3) is 0.533. The second-order valence-electron chi connectivity index (χ2n) is 5.36. The van der Waals surface area contributed by atoms with Crippen LogP contribution >= 0.6 is 0 Å². The summed E-state index contributed by atoms with van der Waals surface area (Å²) in [6.07, 6.45) is 0.106. The molecule has 114 valence electrons. The van der Waals surface area contributed by atoms with Crippen molar-refractivity contribution < 1.29 is 14.3 Å². The van der Waals surface area contributed by atoms with Gasteiger partial charge in [0.05, 0.1) is 12.7 Å². The summed E-state index contributed by atoms with van der Waals surface area (Å²) in [5.41, 5.74) is 7.66. The zero-order valence-electron chi connectivity index (χ0n) is 12.2. The molecule has 1 amide bonds. The third kappa shape index (κ3) is 2.88. The maximum Gasteiger partial charge on any atom is 0.253 e. The van der Waals surface area contributed by atoms with E-state index >= 15 is 0 Å². The van der Waals surface area contributed by atoms with Crippen LogP contribution in [0.15, 0.2) is 24.3 Å². The molecular weight excluding hydrogens is 270 g/mol. The number of hydrogen-bond acceptors (Lipinski definition) is 5. The van der Waals surface area contributed by atoms with Gasteiger partial charge in [-0.3, -0.25) is 4.79 Å². The topological polar surface area (TPSA) is 68.0 Å². The first-order valence-electron chi connectivity index (χ1n) is 7.29. The van der Waals surface area contributed by atoms with Crippen molar-refractivity contribution in [2.75, 3.05) is 42.6 Å². The molecule has 1 unspecified atom stereocenters. The number of nitrogens with zero attached hydrogens (tertiary/aromatic N) is 2. The zero-order valence-corrected chi connectivity index (χ0v) is 12.2. The van der Waals surface area contributed by atoms with Gasteiger partial charge in [0.25, 0.3) is 5.91 Å². The van der Waals surface area contributed by atoms with Crippen molar-refractivity contribution in [1.82, 2.24) is 0 Å². The minimum absolute atomic E-state index is 0.00932. The molecule has 2 saturated heterocycles. The summed E-state index contributed by atoms with van der Waals surface area (Å²) in [7, 11) is 0. The summed E-state index contributed by atoms with van der Waals surface area (Å²) in [4.78, 5) is 15.8. The molecule has 2 heterocycles. The first-order chi connectivity index (χ1) is 10.2. The quantitative estimate of drug-likeness (QED) is 0.881. The van der Waals surface area contributed by atoms with E-state index in [4.69, 9.17) is 15.2 Å². The number of anilines is 2. The predicted octanol–water partition coefficient (Wildman–Crippen LogP) is 0.560. The molecule has 0 aliphatic carbocycles. The first kappa shape index (κ1) is 14.3. The van der Waals surface area contributed by atoms with Crippen molar-refractivity contribution in [2.45, 2.75) is 19.3 Å². The van der Waals surface area contributed by atoms with Crippen LogP contribution in [0, 0.1) is 0 Å². The molecule has 3 rings (SSSR count). The minimum atomic E-state index is 0.00932. The van der Waals surface area contributed by atoms with Gasteiger partial charge in [-0.2, -0.15) is 0 Å². The molecule has 2 aliphatic rings. The highest BCUT2D eigenvalue weighted by Crippen LogP contribution is 2.27. The predicted molar refractivity (Wildman–Crippen MR) is 80.3 cm³/mol. The van der Waals surface area contributed by atoms with Crippen LogP contribution in [-0.2, 0) is 14.3 Å². The Balaban J connectivity index is 1.73. The van der Waals surface area contributed by atoms with E-state index in [-0.39, 0.29) is 24.8 Å². The van der Waals surface area contributed by atoms with Gasteiger partial charge < -0.3 is 25.0 Å². The Kier molecular flexibility index (Phi) is 4.10. The Bertz CT molecular complexity index is 505. The van der Waals surface area contributed by atoms with E-state index in [1.54, 1.807) is 4.90 Å². The van der Waals surface area contributed by atoms with Crippen LogP contribution in [0.4, 0.5) is 11.4 Å². The van der Waals surface area contributed by atoms with Crippen LogP contribution in [0.5, 0.6) is 0 Å². The highest BCUT2D eigenvalue weighted by atomic mass is 16.5. The van der Waals surface area contributed by atoms with E-state index in [0.717, 1.165) is 17.9 Å². The number of carbonyl (C=O) groups is 1. The summed E-state index contributed by atoms with van der Waals surface area (Å²) < 4.78 is 10.9. The van der Waals surface area contributed by atoms with Crippen molar-refractivity contribution in [3.63, 3.8) is 0 Å². The molecule has 0 aromatic heterocycles. The molecule has 2 N–H and O–H groups in total. The van der Waals surface area contributed by atoms with E-state index in [1.807, 2.05) is 31.2 Å². The van der Waals surface area contributed by atoms with Gasteiger partial charge >= 0.3 is 0 Å². The number of nitrogens with two attached hydrogens (primary N) is 1. The Morgan fingerprint density at radius 3 is 2.62 bits per heavy atom. The van der Waals surface area contributed by atoms with Crippen molar-refractivity contribution in [3.8, 4) is 0 Å². The number of morpholine rings is 1. The number of ether oxygens (including phenoxy) is 2. The van der Waals surface area contributed by atoms with Gasteiger partial charge in [0, 0.05) is 31.0 Å². The molecule has 2 fully saturated rings. The Hall–Kier alpha value is -1.63. The molecular formula is C15H21N3O3. The van der Waals surface area contributed by atoms with Gasteiger partial charge in [0.1, 0.15) is 12.8 Å². The number of rotatable bonds is 3. The minimum Gasteiger partial charge on any atom is -0.370 e. The highest BCUT2D eigenvalue weighted by molar-refractivity contribution is 5.95. The van der Waals surface area contributed by atoms with E-state index in [9.17, 15) is 4.79 Å². The maximum absolute atomic E-state index is 11.8. The molecule has 1 aromatic carbocycles. The lowest BCUT2D eigenvalue weighted by molar-refractivity contribution is -0.125. The molecule has 0 radical (unpaired) electrons. The van der Waals surface area contributed by atoms with Crippen LogP contribution in [-0.4, -0.2) is 51.1 Å². The molecule has 0 bridgehead atoms. The average Bonchev–Trinajstić information content (AvgIpc) is 2.89. The Labute approximate surface area is 124 Å². The summed E-state index contributed by atoms with van der Waals surface area (Å²) in [6, 6.07) is 8.00. The molecule has 21 heavy (non-hydrogen) atoms.